The van der Waals surface area contributed by atoms with Crippen LogP contribution in [0.15, 0.2) is 66.9 Å². The lowest BCUT2D eigenvalue weighted by atomic mass is 10.1. The third kappa shape index (κ3) is 4.40. The average molecular weight is 396 g/mol. The van der Waals surface area contributed by atoms with E-state index in [1.165, 1.54) is 12.3 Å². The Morgan fingerprint density at radius 3 is 2.48 bits per heavy atom. The van der Waals surface area contributed by atoms with Crippen LogP contribution in [-0.4, -0.2) is 25.4 Å². The van der Waals surface area contributed by atoms with E-state index in [2.05, 4.69) is 30.7 Å². The highest BCUT2D eigenvalue weighted by Crippen LogP contribution is 2.31. The summed E-state index contributed by atoms with van der Waals surface area (Å²) in [5, 5.41) is 17.9. The molecule has 6 nitrogen and oxygen atoms in total. The van der Waals surface area contributed by atoms with Crippen LogP contribution in [0.1, 0.15) is 11.3 Å². The predicted molar refractivity (Wildman–Crippen MR) is 102 cm³/mol. The molecule has 0 unspecified atom stereocenters. The highest BCUT2D eigenvalue weighted by atomic mass is 19.4. The quantitative estimate of drug-likeness (QED) is 0.517. The summed E-state index contributed by atoms with van der Waals surface area (Å²) in [6, 6.07) is 16.5. The summed E-state index contributed by atoms with van der Waals surface area (Å²) in [4.78, 5) is 4.26. The zero-order valence-electron chi connectivity index (χ0n) is 15.0. The van der Waals surface area contributed by atoms with Crippen LogP contribution >= 0.6 is 0 Å². The van der Waals surface area contributed by atoms with Gasteiger partial charge in [0.05, 0.1) is 35.4 Å². The second-order valence-corrected chi connectivity index (χ2v) is 6.24. The largest absolute Gasteiger partial charge is 0.416 e. The molecule has 0 atom stereocenters. The highest BCUT2D eigenvalue weighted by Gasteiger charge is 2.30. The van der Waals surface area contributed by atoms with Crippen LogP contribution in [0.4, 0.5) is 19.1 Å². The molecule has 4 rings (SSSR count). The van der Waals surface area contributed by atoms with Crippen molar-refractivity contribution in [2.24, 2.45) is 0 Å². The maximum absolute atomic E-state index is 12.9. The van der Waals surface area contributed by atoms with E-state index < -0.39 is 11.7 Å². The lowest BCUT2D eigenvalue weighted by molar-refractivity contribution is -0.137. The van der Waals surface area contributed by atoms with Crippen molar-refractivity contribution < 1.29 is 13.2 Å². The Labute approximate surface area is 163 Å². The molecule has 0 aliphatic heterocycles. The Morgan fingerprint density at radius 2 is 1.69 bits per heavy atom. The number of hydrogen-bond acceptors (Lipinski definition) is 5. The molecule has 0 fully saturated rings. The van der Waals surface area contributed by atoms with Crippen LogP contribution in [0, 0.1) is 0 Å². The van der Waals surface area contributed by atoms with Crippen molar-refractivity contribution in [3.63, 3.8) is 0 Å². The fourth-order valence-electron chi connectivity index (χ4n) is 2.76. The van der Waals surface area contributed by atoms with Crippen LogP contribution < -0.4 is 5.32 Å². The second-order valence-electron chi connectivity index (χ2n) is 6.24. The molecule has 0 spiro atoms. The summed E-state index contributed by atoms with van der Waals surface area (Å²) in [5.41, 5.74) is 2.46. The zero-order chi connectivity index (χ0) is 20.3. The first-order valence-corrected chi connectivity index (χ1v) is 8.70. The van der Waals surface area contributed by atoms with Gasteiger partial charge in [0.25, 0.3) is 0 Å². The van der Waals surface area contributed by atoms with Gasteiger partial charge in [-0.3, -0.25) is 5.10 Å². The first kappa shape index (κ1) is 18.6. The number of alkyl halides is 3. The molecule has 2 heterocycles. The Kier molecular flexibility index (Phi) is 4.94. The Hall–Kier alpha value is -3.75. The minimum absolute atomic E-state index is 0.204. The van der Waals surface area contributed by atoms with Gasteiger partial charge in [0, 0.05) is 11.1 Å². The maximum atomic E-state index is 12.9. The molecule has 4 aromatic rings. The lowest BCUT2D eigenvalue weighted by Gasteiger charge is -2.09. The monoisotopic (exact) mass is 396 g/mol. The average Bonchev–Trinajstić information content (AvgIpc) is 3.22. The Morgan fingerprint density at radius 1 is 0.897 bits per heavy atom. The van der Waals surface area contributed by atoms with Crippen LogP contribution in [0.2, 0.25) is 0 Å². The predicted octanol–water partition coefficient (Wildman–Crippen LogP) is 4.56. The molecule has 0 saturated carbocycles. The molecule has 0 saturated heterocycles. The van der Waals surface area contributed by atoms with Crippen molar-refractivity contribution >= 4 is 5.95 Å². The minimum atomic E-state index is -4.42. The number of aromatic amines is 1. The van der Waals surface area contributed by atoms with Crippen LogP contribution in [0.25, 0.3) is 22.5 Å². The SMILES string of the molecule is FC(F)(F)c1cccc(-c2cnnc(NCc3cc(-c4ccccc4)n[nH]3)n2)c1. The van der Waals surface area contributed by atoms with Crippen molar-refractivity contribution in [2.75, 3.05) is 5.32 Å². The summed E-state index contributed by atoms with van der Waals surface area (Å²) in [5.74, 6) is 0.204. The highest BCUT2D eigenvalue weighted by molar-refractivity contribution is 5.61. The maximum Gasteiger partial charge on any atom is 0.416 e. The van der Waals surface area contributed by atoms with E-state index in [-0.39, 0.29) is 5.95 Å². The van der Waals surface area contributed by atoms with Crippen molar-refractivity contribution in [3.8, 4) is 22.5 Å². The third-order valence-electron chi connectivity index (χ3n) is 4.18. The van der Waals surface area contributed by atoms with Gasteiger partial charge in [-0.15, -0.1) is 5.10 Å². The minimum Gasteiger partial charge on any atom is -0.347 e. The van der Waals surface area contributed by atoms with Crippen molar-refractivity contribution in [1.29, 1.82) is 0 Å². The first-order chi connectivity index (χ1) is 14.0. The smallest absolute Gasteiger partial charge is 0.347 e. The van der Waals surface area contributed by atoms with Gasteiger partial charge in [-0.1, -0.05) is 42.5 Å². The molecule has 0 amide bonds. The van der Waals surface area contributed by atoms with E-state index in [0.717, 1.165) is 29.1 Å². The topological polar surface area (TPSA) is 79.4 Å². The van der Waals surface area contributed by atoms with Gasteiger partial charge in [0.2, 0.25) is 5.95 Å². The van der Waals surface area contributed by atoms with E-state index >= 15 is 0 Å². The van der Waals surface area contributed by atoms with Crippen LogP contribution in [-0.2, 0) is 12.7 Å². The fraction of sp³-hybridized carbons (Fsp3) is 0.100. The molecule has 0 aliphatic carbocycles. The zero-order valence-corrected chi connectivity index (χ0v) is 15.0. The van der Waals surface area contributed by atoms with Gasteiger partial charge in [-0.05, 0) is 18.2 Å². The number of benzene rings is 2. The molecule has 9 heteroatoms. The first-order valence-electron chi connectivity index (χ1n) is 8.70. The van der Waals surface area contributed by atoms with Crippen LogP contribution in [0.3, 0.4) is 0 Å². The number of anilines is 1. The molecule has 0 bridgehead atoms. The molecular formula is C20H15F3N6. The summed E-state index contributed by atoms with van der Waals surface area (Å²) in [7, 11) is 0. The van der Waals surface area contributed by atoms with E-state index in [4.69, 9.17) is 0 Å². The van der Waals surface area contributed by atoms with Gasteiger partial charge >= 0.3 is 6.18 Å². The van der Waals surface area contributed by atoms with Crippen molar-refractivity contribution in [3.05, 3.63) is 78.1 Å². The third-order valence-corrected chi connectivity index (χ3v) is 4.18. The summed E-state index contributed by atoms with van der Waals surface area (Å²) >= 11 is 0. The van der Waals surface area contributed by atoms with Gasteiger partial charge in [-0.25, -0.2) is 4.98 Å². The summed E-state index contributed by atoms with van der Waals surface area (Å²) in [6.07, 6.45) is -3.10. The number of aromatic nitrogens is 5. The molecule has 0 aliphatic rings. The standard InChI is InChI=1S/C20H15F3N6/c21-20(22,23)15-8-4-7-14(9-15)18-12-25-29-19(26-18)24-11-16-10-17(28-27-16)13-5-2-1-3-6-13/h1-10,12H,11H2,(H,27,28)(H,24,26,29). The molecule has 29 heavy (non-hydrogen) atoms. The second kappa shape index (κ2) is 7.70. The number of nitrogens with one attached hydrogen (secondary N) is 2. The number of H-pyrrole nitrogens is 1. The van der Waals surface area contributed by atoms with Gasteiger partial charge in [-0.2, -0.15) is 23.4 Å². The van der Waals surface area contributed by atoms with E-state index in [9.17, 15) is 13.2 Å². The van der Waals surface area contributed by atoms with E-state index in [1.54, 1.807) is 6.07 Å². The molecule has 0 radical (unpaired) electrons. The summed E-state index contributed by atoms with van der Waals surface area (Å²) in [6.45, 7) is 0.355. The summed E-state index contributed by atoms with van der Waals surface area (Å²) < 4.78 is 38.8. The lowest BCUT2D eigenvalue weighted by Crippen LogP contribution is -2.06. The number of halogens is 3. The van der Waals surface area contributed by atoms with E-state index in [1.807, 2.05) is 36.4 Å². The molecule has 2 aromatic carbocycles. The molecule has 146 valence electrons. The molecule has 2 N–H and O–H groups in total. The Balaban J connectivity index is 1.48. The normalized spacial score (nSPS) is 11.4. The van der Waals surface area contributed by atoms with Crippen LogP contribution in [0.5, 0.6) is 0 Å². The van der Waals surface area contributed by atoms with Gasteiger partial charge < -0.3 is 5.32 Å². The van der Waals surface area contributed by atoms with Crippen molar-refractivity contribution in [1.82, 2.24) is 25.4 Å². The Bertz CT molecular complexity index is 1110. The number of nitrogens with zero attached hydrogens (tertiary/aromatic N) is 4. The van der Waals surface area contributed by atoms with E-state index in [0.29, 0.717) is 17.8 Å². The fourth-order valence-corrected chi connectivity index (χ4v) is 2.76. The number of rotatable bonds is 5. The number of hydrogen-bond donors (Lipinski definition) is 2. The van der Waals surface area contributed by atoms with Gasteiger partial charge in [0.1, 0.15) is 0 Å². The molecule has 2 aromatic heterocycles. The van der Waals surface area contributed by atoms with Crippen molar-refractivity contribution in [2.45, 2.75) is 12.7 Å². The molecular weight excluding hydrogens is 381 g/mol. The van der Waals surface area contributed by atoms with Gasteiger partial charge in [0.15, 0.2) is 0 Å².